The van der Waals surface area contributed by atoms with E-state index in [-0.39, 0.29) is 0 Å². The molecule has 0 bridgehead atoms. The number of nitrogens with zero attached hydrogens (tertiary/aromatic N) is 5. The van der Waals surface area contributed by atoms with E-state index in [0.29, 0.717) is 23.5 Å². The van der Waals surface area contributed by atoms with Crippen molar-refractivity contribution in [1.82, 2.24) is 28.7 Å². The minimum absolute atomic E-state index is 0.399. The summed E-state index contributed by atoms with van der Waals surface area (Å²) in [5.41, 5.74) is 1.00. The van der Waals surface area contributed by atoms with Crippen LogP contribution in [-0.2, 0) is 13.6 Å². The van der Waals surface area contributed by atoms with Crippen LogP contribution >= 0.6 is 0 Å². The van der Waals surface area contributed by atoms with Gasteiger partial charge in [-0.3, -0.25) is 23.3 Å². The molecule has 1 N–H and O–H groups in total. The summed E-state index contributed by atoms with van der Waals surface area (Å²) < 4.78 is 4.79. The van der Waals surface area contributed by atoms with E-state index in [1.165, 1.54) is 10.9 Å². The number of aromatic nitrogens is 6. The standard InChI is InChI=1S/C14H12N6O2/c1-18-12-10(11(21)16-14(18)22)19(13-17-15-8-20(12)13)7-9-5-3-2-4-6-9/h2-6,8H,7H2,1H3,(H,16,21,22). The number of fused-ring (bicyclic) bond motifs is 3. The molecule has 0 amide bonds. The molecule has 8 heteroatoms. The number of rotatable bonds is 2. The summed E-state index contributed by atoms with van der Waals surface area (Å²) in [6, 6.07) is 9.73. The summed E-state index contributed by atoms with van der Waals surface area (Å²) in [7, 11) is 1.60. The minimum Gasteiger partial charge on any atom is -0.298 e. The van der Waals surface area contributed by atoms with E-state index in [1.54, 1.807) is 16.0 Å². The second kappa shape index (κ2) is 4.42. The highest BCUT2D eigenvalue weighted by molar-refractivity contribution is 5.76. The molecule has 0 fully saturated rings. The van der Waals surface area contributed by atoms with Crippen molar-refractivity contribution < 1.29 is 0 Å². The highest BCUT2D eigenvalue weighted by atomic mass is 16.2. The number of nitrogens with one attached hydrogen (secondary N) is 1. The van der Waals surface area contributed by atoms with E-state index in [2.05, 4.69) is 15.2 Å². The Morgan fingerprint density at radius 2 is 1.95 bits per heavy atom. The molecular formula is C14H12N6O2. The Hall–Kier alpha value is -3.16. The van der Waals surface area contributed by atoms with E-state index in [9.17, 15) is 9.59 Å². The largest absolute Gasteiger partial charge is 0.329 e. The Balaban J connectivity index is 2.12. The predicted molar refractivity (Wildman–Crippen MR) is 79.9 cm³/mol. The fourth-order valence-corrected chi connectivity index (χ4v) is 2.69. The van der Waals surface area contributed by atoms with Gasteiger partial charge in [-0.2, -0.15) is 0 Å². The number of hydrogen-bond acceptors (Lipinski definition) is 4. The first-order valence-electron chi connectivity index (χ1n) is 6.72. The van der Waals surface area contributed by atoms with Crippen LogP contribution in [0.15, 0.2) is 46.2 Å². The molecule has 8 nitrogen and oxygen atoms in total. The van der Waals surface area contributed by atoms with E-state index in [4.69, 9.17) is 0 Å². The van der Waals surface area contributed by atoms with E-state index < -0.39 is 11.2 Å². The second-order valence-corrected chi connectivity index (χ2v) is 5.06. The van der Waals surface area contributed by atoms with Gasteiger partial charge in [0.15, 0.2) is 11.2 Å². The lowest BCUT2D eigenvalue weighted by Crippen LogP contribution is -2.29. The van der Waals surface area contributed by atoms with Crippen LogP contribution in [-0.4, -0.2) is 28.7 Å². The Kier molecular flexibility index (Phi) is 2.52. The third-order valence-corrected chi connectivity index (χ3v) is 3.72. The molecule has 0 radical (unpaired) electrons. The lowest BCUT2D eigenvalue weighted by atomic mass is 10.2. The van der Waals surface area contributed by atoms with Gasteiger partial charge in [-0.1, -0.05) is 30.3 Å². The van der Waals surface area contributed by atoms with Gasteiger partial charge in [-0.25, -0.2) is 4.79 Å². The lowest BCUT2D eigenvalue weighted by Gasteiger charge is -2.04. The van der Waals surface area contributed by atoms with Gasteiger partial charge in [0.2, 0.25) is 5.78 Å². The van der Waals surface area contributed by atoms with Crippen LogP contribution in [0.25, 0.3) is 16.9 Å². The zero-order chi connectivity index (χ0) is 15.3. The predicted octanol–water partition coefficient (Wildman–Crippen LogP) is 0.119. The smallest absolute Gasteiger partial charge is 0.298 e. The molecule has 1 aromatic carbocycles. The van der Waals surface area contributed by atoms with E-state index >= 15 is 0 Å². The monoisotopic (exact) mass is 296 g/mol. The van der Waals surface area contributed by atoms with Gasteiger partial charge in [0.25, 0.3) is 5.56 Å². The molecule has 0 aliphatic carbocycles. The average Bonchev–Trinajstić information content (AvgIpc) is 3.08. The van der Waals surface area contributed by atoms with Crippen molar-refractivity contribution >= 4 is 16.9 Å². The summed E-state index contributed by atoms with van der Waals surface area (Å²) in [6.45, 7) is 0.466. The van der Waals surface area contributed by atoms with Gasteiger partial charge in [0.1, 0.15) is 6.33 Å². The Morgan fingerprint density at radius 3 is 2.73 bits per heavy atom. The molecule has 3 aromatic heterocycles. The number of hydrogen-bond donors (Lipinski definition) is 1. The molecule has 0 aliphatic rings. The van der Waals surface area contributed by atoms with Crippen molar-refractivity contribution in [2.75, 3.05) is 0 Å². The molecule has 3 heterocycles. The molecule has 0 atom stereocenters. The topological polar surface area (TPSA) is 90.0 Å². The van der Waals surface area contributed by atoms with Crippen molar-refractivity contribution in [3.05, 3.63) is 63.1 Å². The normalized spacial score (nSPS) is 11.5. The maximum atomic E-state index is 12.3. The van der Waals surface area contributed by atoms with Crippen molar-refractivity contribution in [1.29, 1.82) is 0 Å². The third kappa shape index (κ3) is 1.63. The van der Waals surface area contributed by atoms with Crippen LogP contribution in [0.4, 0.5) is 0 Å². The van der Waals surface area contributed by atoms with Crippen LogP contribution in [0.3, 0.4) is 0 Å². The maximum absolute atomic E-state index is 12.3. The van der Waals surface area contributed by atoms with Crippen molar-refractivity contribution in [3.63, 3.8) is 0 Å². The molecule has 0 saturated carbocycles. The fraction of sp³-hybridized carbons (Fsp3) is 0.143. The van der Waals surface area contributed by atoms with Crippen molar-refractivity contribution in [2.24, 2.45) is 7.05 Å². The lowest BCUT2D eigenvalue weighted by molar-refractivity contribution is 0.809. The summed E-state index contributed by atoms with van der Waals surface area (Å²) in [5.74, 6) is 0.519. The number of aryl methyl sites for hydroxylation is 1. The van der Waals surface area contributed by atoms with Gasteiger partial charge in [-0.05, 0) is 5.56 Å². The number of aromatic amines is 1. The molecule has 0 unspecified atom stereocenters. The van der Waals surface area contributed by atoms with E-state index in [1.807, 2.05) is 30.3 Å². The second-order valence-electron chi connectivity index (χ2n) is 5.06. The Morgan fingerprint density at radius 1 is 1.18 bits per heavy atom. The van der Waals surface area contributed by atoms with Gasteiger partial charge >= 0.3 is 5.69 Å². The average molecular weight is 296 g/mol. The van der Waals surface area contributed by atoms with E-state index in [0.717, 1.165) is 5.56 Å². The van der Waals surface area contributed by atoms with Crippen molar-refractivity contribution in [2.45, 2.75) is 6.54 Å². The third-order valence-electron chi connectivity index (χ3n) is 3.72. The molecular weight excluding hydrogens is 284 g/mol. The first-order valence-corrected chi connectivity index (χ1v) is 6.72. The Labute approximate surface area is 123 Å². The molecule has 4 aromatic rings. The van der Waals surface area contributed by atoms with Gasteiger partial charge in [0, 0.05) is 7.05 Å². The molecule has 0 saturated heterocycles. The zero-order valence-corrected chi connectivity index (χ0v) is 11.7. The van der Waals surface area contributed by atoms with Crippen LogP contribution in [0, 0.1) is 0 Å². The number of imidazole rings is 1. The van der Waals surface area contributed by atoms with Crippen LogP contribution < -0.4 is 11.2 Å². The quantitative estimate of drug-likeness (QED) is 0.569. The van der Waals surface area contributed by atoms with Crippen LogP contribution in [0.1, 0.15) is 5.56 Å². The van der Waals surface area contributed by atoms with Crippen LogP contribution in [0.2, 0.25) is 0 Å². The summed E-state index contributed by atoms with van der Waals surface area (Å²) in [5, 5.41) is 7.95. The number of benzene rings is 1. The van der Waals surface area contributed by atoms with Crippen LogP contribution in [0.5, 0.6) is 0 Å². The van der Waals surface area contributed by atoms with Gasteiger partial charge in [0.05, 0.1) is 6.54 Å². The highest BCUT2D eigenvalue weighted by Crippen LogP contribution is 2.16. The Bertz CT molecular complexity index is 1100. The SMILES string of the molecule is Cn1c(=O)[nH]c(=O)c2c1n1cnnc1n2Cc1ccccc1. The molecule has 0 aliphatic heterocycles. The summed E-state index contributed by atoms with van der Waals surface area (Å²) in [4.78, 5) is 26.4. The number of H-pyrrole nitrogens is 1. The highest BCUT2D eigenvalue weighted by Gasteiger charge is 2.18. The first-order chi connectivity index (χ1) is 10.7. The molecule has 22 heavy (non-hydrogen) atoms. The summed E-state index contributed by atoms with van der Waals surface area (Å²) >= 11 is 0. The van der Waals surface area contributed by atoms with Gasteiger partial charge < -0.3 is 0 Å². The minimum atomic E-state index is -0.468. The molecule has 0 spiro atoms. The van der Waals surface area contributed by atoms with Crippen molar-refractivity contribution in [3.8, 4) is 0 Å². The molecule has 110 valence electrons. The maximum Gasteiger partial charge on any atom is 0.329 e. The van der Waals surface area contributed by atoms with Gasteiger partial charge in [-0.15, -0.1) is 10.2 Å². The first kappa shape index (κ1) is 12.6. The summed E-state index contributed by atoms with van der Waals surface area (Å²) in [6.07, 6.45) is 1.50. The zero-order valence-electron chi connectivity index (χ0n) is 11.7. The molecule has 4 rings (SSSR count). The fourth-order valence-electron chi connectivity index (χ4n) is 2.69.